The number of rotatable bonds is 1. The van der Waals surface area contributed by atoms with E-state index in [4.69, 9.17) is 4.42 Å². The van der Waals surface area contributed by atoms with E-state index in [1.54, 1.807) is 24.5 Å². The highest BCUT2D eigenvalue weighted by molar-refractivity contribution is 5.78. The Morgan fingerprint density at radius 1 is 1.12 bits per heavy atom. The molecule has 3 nitrogen and oxygen atoms in total. The van der Waals surface area contributed by atoms with Crippen molar-refractivity contribution < 1.29 is 4.42 Å². The lowest BCUT2D eigenvalue weighted by Gasteiger charge is -1.99. The van der Waals surface area contributed by atoms with Gasteiger partial charge >= 0.3 is 0 Å². The molecule has 0 aliphatic rings. The molecule has 0 atom stereocenters. The van der Waals surface area contributed by atoms with Gasteiger partial charge in [0.2, 0.25) is 0 Å². The van der Waals surface area contributed by atoms with Crippen LogP contribution < -0.4 is 5.43 Å². The SMILES string of the molecule is O=c1cc(-c2cc[nH]c2)oc2ccccc12. The molecule has 0 aliphatic heterocycles. The molecule has 3 rings (SSSR count). The topological polar surface area (TPSA) is 46.0 Å². The molecule has 78 valence electrons. The summed E-state index contributed by atoms with van der Waals surface area (Å²) in [6.07, 6.45) is 3.59. The van der Waals surface area contributed by atoms with E-state index < -0.39 is 0 Å². The van der Waals surface area contributed by atoms with Crippen LogP contribution in [0.1, 0.15) is 0 Å². The van der Waals surface area contributed by atoms with E-state index in [1.807, 2.05) is 18.2 Å². The van der Waals surface area contributed by atoms with Crippen LogP contribution in [0.3, 0.4) is 0 Å². The number of H-pyrrole nitrogens is 1. The second-order valence-electron chi connectivity index (χ2n) is 3.57. The maximum Gasteiger partial charge on any atom is 0.193 e. The van der Waals surface area contributed by atoms with Crippen LogP contribution in [0.25, 0.3) is 22.3 Å². The van der Waals surface area contributed by atoms with Gasteiger partial charge in [-0.25, -0.2) is 0 Å². The Morgan fingerprint density at radius 2 is 2.00 bits per heavy atom. The monoisotopic (exact) mass is 211 g/mol. The minimum absolute atomic E-state index is 0.0157. The van der Waals surface area contributed by atoms with Gasteiger partial charge in [-0.1, -0.05) is 12.1 Å². The summed E-state index contributed by atoms with van der Waals surface area (Å²) in [5, 5.41) is 0.613. The molecule has 3 heteroatoms. The van der Waals surface area contributed by atoms with Crippen molar-refractivity contribution in [3.63, 3.8) is 0 Å². The largest absolute Gasteiger partial charge is 0.456 e. The van der Waals surface area contributed by atoms with E-state index in [-0.39, 0.29) is 5.43 Å². The lowest BCUT2D eigenvalue weighted by Crippen LogP contribution is -1.99. The molecule has 0 amide bonds. The molecule has 0 saturated heterocycles. The minimum atomic E-state index is -0.0157. The van der Waals surface area contributed by atoms with E-state index in [0.717, 1.165) is 5.56 Å². The first-order chi connectivity index (χ1) is 7.84. The van der Waals surface area contributed by atoms with Crippen LogP contribution in [0, 0.1) is 0 Å². The van der Waals surface area contributed by atoms with Crippen LogP contribution in [-0.2, 0) is 0 Å². The van der Waals surface area contributed by atoms with Crippen molar-refractivity contribution in [3.8, 4) is 11.3 Å². The molecular weight excluding hydrogens is 202 g/mol. The van der Waals surface area contributed by atoms with Crippen molar-refractivity contribution in [2.75, 3.05) is 0 Å². The van der Waals surface area contributed by atoms with E-state index in [0.29, 0.717) is 16.7 Å². The Labute approximate surface area is 91.3 Å². The van der Waals surface area contributed by atoms with E-state index in [9.17, 15) is 4.79 Å². The van der Waals surface area contributed by atoms with Crippen LogP contribution >= 0.6 is 0 Å². The summed E-state index contributed by atoms with van der Waals surface area (Å²) in [4.78, 5) is 14.8. The number of hydrogen-bond donors (Lipinski definition) is 1. The van der Waals surface area contributed by atoms with Crippen LogP contribution in [0.15, 0.2) is 58.0 Å². The Bertz CT molecular complexity index is 680. The quantitative estimate of drug-likeness (QED) is 0.672. The van der Waals surface area contributed by atoms with Gasteiger partial charge < -0.3 is 9.40 Å². The number of aromatic amines is 1. The summed E-state index contributed by atoms with van der Waals surface area (Å²) in [5.41, 5.74) is 1.48. The summed E-state index contributed by atoms with van der Waals surface area (Å²) in [5.74, 6) is 0.588. The molecule has 0 saturated carbocycles. The average molecular weight is 211 g/mol. The van der Waals surface area contributed by atoms with Crippen molar-refractivity contribution in [2.45, 2.75) is 0 Å². The van der Waals surface area contributed by atoms with E-state index in [2.05, 4.69) is 4.98 Å². The lowest BCUT2D eigenvalue weighted by molar-refractivity contribution is 0.619. The van der Waals surface area contributed by atoms with Crippen molar-refractivity contribution in [1.29, 1.82) is 0 Å². The van der Waals surface area contributed by atoms with Crippen LogP contribution in [0.5, 0.6) is 0 Å². The second-order valence-corrected chi connectivity index (χ2v) is 3.57. The zero-order valence-corrected chi connectivity index (χ0v) is 8.44. The predicted octanol–water partition coefficient (Wildman–Crippen LogP) is 2.79. The number of aromatic nitrogens is 1. The average Bonchev–Trinajstić information content (AvgIpc) is 2.82. The van der Waals surface area contributed by atoms with Crippen molar-refractivity contribution in [3.05, 3.63) is 59.0 Å². The van der Waals surface area contributed by atoms with Gasteiger partial charge in [-0.2, -0.15) is 0 Å². The lowest BCUT2D eigenvalue weighted by atomic mass is 10.2. The Balaban J connectivity index is 2.34. The summed E-state index contributed by atoms with van der Waals surface area (Å²) in [6, 6.07) is 10.6. The van der Waals surface area contributed by atoms with Crippen molar-refractivity contribution in [2.24, 2.45) is 0 Å². The van der Waals surface area contributed by atoms with Crippen LogP contribution in [0.2, 0.25) is 0 Å². The summed E-state index contributed by atoms with van der Waals surface area (Å²) in [6.45, 7) is 0. The number of para-hydroxylation sites is 1. The first kappa shape index (κ1) is 8.97. The third-order valence-electron chi connectivity index (χ3n) is 2.52. The zero-order valence-electron chi connectivity index (χ0n) is 8.44. The fraction of sp³-hybridized carbons (Fsp3) is 0. The first-order valence-corrected chi connectivity index (χ1v) is 5.01. The van der Waals surface area contributed by atoms with Crippen LogP contribution in [-0.4, -0.2) is 4.98 Å². The Hall–Kier alpha value is -2.29. The molecule has 2 heterocycles. The highest BCUT2D eigenvalue weighted by atomic mass is 16.3. The highest BCUT2D eigenvalue weighted by Gasteiger charge is 2.05. The third kappa shape index (κ3) is 1.34. The van der Waals surface area contributed by atoms with Gasteiger partial charge in [0.1, 0.15) is 11.3 Å². The van der Waals surface area contributed by atoms with Gasteiger partial charge in [-0.05, 0) is 18.2 Å². The molecule has 2 aromatic heterocycles. The molecule has 1 aromatic carbocycles. The predicted molar refractivity (Wildman–Crippen MR) is 62.3 cm³/mol. The summed E-state index contributed by atoms with van der Waals surface area (Å²) >= 11 is 0. The minimum Gasteiger partial charge on any atom is -0.456 e. The number of fused-ring (bicyclic) bond motifs is 1. The highest BCUT2D eigenvalue weighted by Crippen LogP contribution is 2.20. The Morgan fingerprint density at radius 3 is 2.81 bits per heavy atom. The zero-order chi connectivity index (χ0) is 11.0. The van der Waals surface area contributed by atoms with Crippen molar-refractivity contribution in [1.82, 2.24) is 4.98 Å². The van der Waals surface area contributed by atoms with Crippen LogP contribution in [0.4, 0.5) is 0 Å². The Kier molecular flexibility index (Phi) is 1.90. The van der Waals surface area contributed by atoms with Gasteiger partial charge in [-0.15, -0.1) is 0 Å². The van der Waals surface area contributed by atoms with E-state index >= 15 is 0 Å². The number of nitrogens with one attached hydrogen (secondary N) is 1. The smallest absolute Gasteiger partial charge is 0.193 e. The van der Waals surface area contributed by atoms with Gasteiger partial charge in [0.05, 0.1) is 5.39 Å². The maximum absolute atomic E-state index is 11.8. The fourth-order valence-corrected chi connectivity index (χ4v) is 1.72. The summed E-state index contributed by atoms with van der Waals surface area (Å²) < 4.78 is 5.67. The van der Waals surface area contributed by atoms with Gasteiger partial charge in [0.15, 0.2) is 5.43 Å². The molecule has 0 bridgehead atoms. The molecule has 0 spiro atoms. The molecule has 0 aliphatic carbocycles. The molecular formula is C13H9NO2. The maximum atomic E-state index is 11.8. The van der Waals surface area contributed by atoms with E-state index in [1.165, 1.54) is 6.07 Å². The molecule has 3 aromatic rings. The summed E-state index contributed by atoms with van der Waals surface area (Å²) in [7, 11) is 0. The van der Waals surface area contributed by atoms with Gasteiger partial charge in [-0.3, -0.25) is 4.79 Å². The van der Waals surface area contributed by atoms with Gasteiger partial charge in [0, 0.05) is 24.0 Å². The number of benzene rings is 1. The number of hydrogen-bond acceptors (Lipinski definition) is 2. The fourth-order valence-electron chi connectivity index (χ4n) is 1.72. The second kappa shape index (κ2) is 3.38. The normalized spacial score (nSPS) is 10.8. The molecule has 1 N–H and O–H groups in total. The molecule has 16 heavy (non-hydrogen) atoms. The molecule has 0 fully saturated rings. The molecule has 0 radical (unpaired) electrons. The standard InChI is InChI=1S/C13H9NO2/c15-11-7-13(9-5-6-14-8-9)16-12-4-2-1-3-10(11)12/h1-8,14H. The van der Waals surface area contributed by atoms with Crippen molar-refractivity contribution >= 4 is 11.0 Å². The first-order valence-electron chi connectivity index (χ1n) is 5.01. The van der Waals surface area contributed by atoms with Gasteiger partial charge in [0.25, 0.3) is 0 Å². The third-order valence-corrected chi connectivity index (χ3v) is 2.52. The molecule has 0 unspecified atom stereocenters.